The molecule has 0 saturated heterocycles. The number of nitrogens with zero attached hydrogens (tertiary/aromatic N) is 5. The van der Waals surface area contributed by atoms with Crippen molar-refractivity contribution >= 4 is 22.9 Å². The van der Waals surface area contributed by atoms with Crippen LogP contribution in [0.4, 0.5) is 25.8 Å². The number of nitrogens with one attached hydrogen (secondary N) is 2. The first-order valence-electron chi connectivity index (χ1n) is 13.8. The number of benzene rings is 2. The van der Waals surface area contributed by atoms with Crippen LogP contribution in [0.5, 0.6) is 5.75 Å². The summed E-state index contributed by atoms with van der Waals surface area (Å²) in [4.78, 5) is 20.2. The van der Waals surface area contributed by atoms with Gasteiger partial charge in [0.25, 0.3) is 0 Å². The summed E-state index contributed by atoms with van der Waals surface area (Å²) < 4.78 is 33.1. The molecule has 230 valence electrons. The number of ether oxygens (including phenoxy) is 1. The highest BCUT2D eigenvalue weighted by molar-refractivity contribution is 5.96. The van der Waals surface area contributed by atoms with Gasteiger partial charge in [-0.1, -0.05) is 25.5 Å². The molecule has 0 heterocycles. The van der Waals surface area contributed by atoms with E-state index in [-0.39, 0.29) is 13.1 Å². The lowest BCUT2D eigenvalue weighted by Crippen LogP contribution is -2.29. The summed E-state index contributed by atoms with van der Waals surface area (Å²) in [5.41, 5.74) is 10.0. The predicted octanol–water partition coefficient (Wildman–Crippen LogP) is 5.35. The Morgan fingerprint density at radius 1 is 1.12 bits per heavy atom. The van der Waals surface area contributed by atoms with Crippen molar-refractivity contribution < 1.29 is 13.5 Å². The fraction of sp³-hybridized carbons (Fsp3) is 0.433. The van der Waals surface area contributed by atoms with Crippen LogP contribution in [0, 0.1) is 16.5 Å². The smallest absolute Gasteiger partial charge is 0.144 e. The van der Waals surface area contributed by atoms with Crippen LogP contribution in [0.25, 0.3) is 0 Å². The maximum atomic E-state index is 14.1. The first-order chi connectivity index (χ1) is 20.0. The van der Waals surface area contributed by atoms with Gasteiger partial charge in [0.15, 0.2) is 0 Å². The van der Waals surface area contributed by atoms with E-state index in [4.69, 9.17) is 10.5 Å². The Kier molecular flexibility index (Phi) is 13.9. The highest BCUT2D eigenvalue weighted by Crippen LogP contribution is 2.35. The van der Waals surface area contributed by atoms with E-state index in [2.05, 4.69) is 30.7 Å². The summed E-state index contributed by atoms with van der Waals surface area (Å²) in [5.74, 6) is -0.129. The Balaban J connectivity index is 2.34. The third-order valence-electron chi connectivity index (χ3n) is 6.44. The number of anilines is 3. The van der Waals surface area contributed by atoms with Crippen molar-refractivity contribution in [2.24, 2.45) is 10.3 Å². The number of halogens is 2. The molecule has 0 radical (unpaired) electrons. The lowest BCUT2D eigenvalue weighted by molar-refractivity contribution is 0.413. The second-order valence-electron chi connectivity index (χ2n) is 10.2. The Labute approximate surface area is 247 Å². The topological polar surface area (TPSA) is 111 Å². The minimum absolute atomic E-state index is 0.148. The summed E-state index contributed by atoms with van der Waals surface area (Å²) in [6.07, 6.45) is 5.11. The first-order valence-corrected chi connectivity index (χ1v) is 13.8. The van der Waals surface area contributed by atoms with E-state index in [9.17, 15) is 13.7 Å². The number of methoxy groups -OCH3 is 1. The number of unbranched alkanes of at least 4 members (excludes halogenated alkanes) is 1. The molecule has 0 aliphatic rings. The van der Waals surface area contributed by atoms with Crippen molar-refractivity contribution in [1.82, 2.24) is 15.2 Å². The maximum absolute atomic E-state index is 14.1. The molecule has 0 aliphatic heterocycles. The second-order valence-corrected chi connectivity index (χ2v) is 10.2. The normalized spacial score (nSPS) is 12.5. The van der Waals surface area contributed by atoms with Crippen LogP contribution in [0.3, 0.4) is 0 Å². The van der Waals surface area contributed by atoms with E-state index < -0.39 is 11.6 Å². The van der Waals surface area contributed by atoms with Crippen molar-refractivity contribution in [3.63, 3.8) is 0 Å². The number of hydrogen-bond acceptors (Lipinski definition) is 8. The van der Waals surface area contributed by atoms with Crippen LogP contribution < -0.4 is 26.0 Å². The van der Waals surface area contributed by atoms with E-state index in [0.29, 0.717) is 46.2 Å². The molecule has 0 bridgehead atoms. The van der Waals surface area contributed by atoms with Crippen molar-refractivity contribution in [2.75, 3.05) is 70.9 Å². The quantitative estimate of drug-likeness (QED) is 0.0603. The van der Waals surface area contributed by atoms with Crippen LogP contribution in [0.2, 0.25) is 0 Å². The Morgan fingerprint density at radius 3 is 2.48 bits per heavy atom. The van der Waals surface area contributed by atoms with E-state index >= 15 is 0 Å². The summed E-state index contributed by atoms with van der Waals surface area (Å²) in [6, 6.07) is 7.14. The lowest BCUT2D eigenvalue weighted by Gasteiger charge is -2.24. The standard InChI is InChI=1S/C30H44F2N8O2/c1-8-9-10-28(40(6)37-41)23(19-34-18-22-11-12-24(31)15-25(22)32)20-35-21(2)36-27-16-26(33)29(17-30(27)42-7)39(5)14-13-38(3)4/h10-12,15-17,20,34H,8-9,13-14,18-19,33H2,1-7H3,(H,35,36)/b23-20-,28-10-. The summed E-state index contributed by atoms with van der Waals surface area (Å²) in [6.45, 7) is 5.87. The molecule has 0 spiro atoms. The van der Waals surface area contributed by atoms with Gasteiger partial charge in [0.1, 0.15) is 23.2 Å². The zero-order valence-corrected chi connectivity index (χ0v) is 25.7. The molecule has 2 aromatic rings. The number of nitrogen functional groups attached to an aromatic ring is 1. The summed E-state index contributed by atoms with van der Waals surface area (Å²) in [5, 5.41) is 10.7. The maximum Gasteiger partial charge on any atom is 0.144 e. The highest BCUT2D eigenvalue weighted by Gasteiger charge is 2.14. The van der Waals surface area contributed by atoms with Gasteiger partial charge in [-0.05, 0) is 39.6 Å². The van der Waals surface area contributed by atoms with Crippen LogP contribution in [-0.2, 0) is 6.54 Å². The van der Waals surface area contributed by atoms with Crippen molar-refractivity contribution in [3.05, 3.63) is 76.0 Å². The van der Waals surface area contributed by atoms with E-state index in [0.717, 1.165) is 31.3 Å². The Morgan fingerprint density at radius 2 is 1.86 bits per heavy atom. The van der Waals surface area contributed by atoms with Gasteiger partial charge in [-0.3, -0.25) is 0 Å². The number of likely N-dealkylation sites (N-methyl/N-ethyl adjacent to an activating group) is 3. The van der Waals surface area contributed by atoms with Crippen molar-refractivity contribution in [1.29, 1.82) is 0 Å². The third kappa shape index (κ3) is 10.4. The third-order valence-corrected chi connectivity index (χ3v) is 6.44. The van der Waals surface area contributed by atoms with Gasteiger partial charge in [0.2, 0.25) is 0 Å². The fourth-order valence-corrected chi connectivity index (χ4v) is 4.05. The van der Waals surface area contributed by atoms with Gasteiger partial charge < -0.3 is 30.9 Å². The summed E-state index contributed by atoms with van der Waals surface area (Å²) >= 11 is 0. The second kappa shape index (κ2) is 17.0. The van der Waals surface area contributed by atoms with E-state index in [1.807, 2.05) is 40.2 Å². The molecule has 0 saturated carbocycles. The van der Waals surface area contributed by atoms with E-state index in [1.54, 1.807) is 33.3 Å². The molecular weight excluding hydrogens is 542 g/mol. The molecule has 0 unspecified atom stereocenters. The van der Waals surface area contributed by atoms with Gasteiger partial charge in [-0.15, -0.1) is 4.91 Å². The average molecular weight is 587 g/mol. The molecule has 42 heavy (non-hydrogen) atoms. The molecule has 2 rings (SSSR count). The van der Waals surface area contributed by atoms with Gasteiger partial charge in [0.05, 0.1) is 35.2 Å². The highest BCUT2D eigenvalue weighted by atomic mass is 19.1. The number of aliphatic imine (C=N–C) groups is 1. The molecule has 0 amide bonds. The zero-order valence-electron chi connectivity index (χ0n) is 25.7. The van der Waals surface area contributed by atoms with Crippen LogP contribution in [0.15, 0.2) is 64.2 Å². The lowest BCUT2D eigenvalue weighted by atomic mass is 10.1. The van der Waals surface area contributed by atoms with Crippen molar-refractivity contribution in [2.45, 2.75) is 33.2 Å². The monoisotopic (exact) mass is 586 g/mol. The number of amidine groups is 1. The van der Waals surface area contributed by atoms with Gasteiger partial charge in [-0.25, -0.2) is 18.8 Å². The SMILES string of the molecule is CCC/C=C(/C(=C\N=C(C)Nc1cc(N)c(N(C)CCN(C)C)cc1OC)CNCc1ccc(F)cc1F)N(C)N=O. The van der Waals surface area contributed by atoms with Crippen LogP contribution in [-0.4, -0.2) is 70.7 Å². The number of rotatable bonds is 16. The number of hydrogen-bond donors (Lipinski definition) is 3. The molecule has 10 nitrogen and oxygen atoms in total. The average Bonchev–Trinajstić information content (AvgIpc) is 2.95. The molecule has 0 aromatic heterocycles. The number of nitroso groups, excluding NO2 is 1. The van der Waals surface area contributed by atoms with Crippen LogP contribution >= 0.6 is 0 Å². The minimum atomic E-state index is -0.637. The molecule has 0 fully saturated rings. The molecule has 0 atom stereocenters. The van der Waals surface area contributed by atoms with Crippen molar-refractivity contribution in [3.8, 4) is 5.75 Å². The fourth-order valence-electron chi connectivity index (χ4n) is 4.05. The molecular formula is C30H44F2N8O2. The van der Waals surface area contributed by atoms with Gasteiger partial charge in [-0.2, -0.15) is 0 Å². The molecule has 12 heteroatoms. The van der Waals surface area contributed by atoms with Crippen LogP contribution in [0.1, 0.15) is 32.3 Å². The van der Waals surface area contributed by atoms with E-state index in [1.165, 1.54) is 17.1 Å². The zero-order chi connectivity index (χ0) is 31.2. The van der Waals surface area contributed by atoms with Gasteiger partial charge in [0, 0.05) is 69.7 Å². The predicted molar refractivity (Wildman–Crippen MR) is 169 cm³/mol. The largest absolute Gasteiger partial charge is 0.494 e. The Hall–Kier alpha value is -4.03. The first kappa shape index (κ1) is 34.2. The molecule has 0 aliphatic carbocycles. The number of nitrogens with two attached hydrogens (primary N) is 1. The molecule has 2 aromatic carbocycles. The minimum Gasteiger partial charge on any atom is -0.494 e. The summed E-state index contributed by atoms with van der Waals surface area (Å²) in [7, 11) is 9.16. The molecule has 4 N–H and O–H groups in total. The van der Waals surface area contributed by atoms with Gasteiger partial charge >= 0.3 is 0 Å². The Bertz CT molecular complexity index is 1280. The number of allylic oxidation sites excluding steroid dienone is 1.